The second-order valence-corrected chi connectivity index (χ2v) is 6.61. The van der Waals surface area contributed by atoms with Gasteiger partial charge in [-0.1, -0.05) is 23.2 Å². The Balaban J connectivity index is 1.76. The Kier molecular flexibility index (Phi) is 5.04. The minimum Gasteiger partial charge on any atom is -0.497 e. The number of nitrogens with zero attached hydrogens (tertiary/aromatic N) is 1. The van der Waals surface area contributed by atoms with Crippen molar-refractivity contribution in [2.45, 2.75) is 0 Å². The van der Waals surface area contributed by atoms with E-state index in [-0.39, 0.29) is 5.91 Å². The molecule has 1 heterocycles. The van der Waals surface area contributed by atoms with Gasteiger partial charge in [-0.05, 0) is 42.5 Å². The van der Waals surface area contributed by atoms with Gasteiger partial charge >= 0.3 is 0 Å². The van der Waals surface area contributed by atoms with Crippen molar-refractivity contribution in [2.75, 3.05) is 12.4 Å². The maximum absolute atomic E-state index is 12.2. The topological polar surface area (TPSA) is 51.2 Å². The first-order valence-electron chi connectivity index (χ1n) is 6.92. The van der Waals surface area contributed by atoms with Gasteiger partial charge in [-0.3, -0.25) is 10.1 Å². The van der Waals surface area contributed by atoms with Crippen molar-refractivity contribution >= 4 is 45.6 Å². The fourth-order valence-corrected chi connectivity index (χ4v) is 3.32. The van der Waals surface area contributed by atoms with E-state index in [1.165, 1.54) is 11.3 Å². The summed E-state index contributed by atoms with van der Waals surface area (Å²) >= 11 is 13.3. The molecular weight excluding hydrogens is 367 g/mol. The molecule has 122 valence electrons. The number of hydrogen-bond donors (Lipinski definition) is 1. The van der Waals surface area contributed by atoms with Gasteiger partial charge in [0.15, 0.2) is 5.13 Å². The van der Waals surface area contributed by atoms with E-state index >= 15 is 0 Å². The number of methoxy groups -OCH3 is 1. The van der Waals surface area contributed by atoms with E-state index in [0.29, 0.717) is 32.2 Å². The van der Waals surface area contributed by atoms with Gasteiger partial charge in [0.25, 0.3) is 5.91 Å². The van der Waals surface area contributed by atoms with Crippen LogP contribution >= 0.6 is 34.5 Å². The molecule has 2 aromatic carbocycles. The highest BCUT2D eigenvalue weighted by Crippen LogP contribution is 2.30. The number of nitrogens with one attached hydrogen (secondary N) is 1. The molecule has 0 fully saturated rings. The summed E-state index contributed by atoms with van der Waals surface area (Å²) in [4.78, 5) is 16.6. The molecule has 0 aliphatic carbocycles. The summed E-state index contributed by atoms with van der Waals surface area (Å²) in [5.41, 5.74) is 2.03. The van der Waals surface area contributed by atoms with Gasteiger partial charge in [-0.2, -0.15) is 0 Å². The van der Waals surface area contributed by atoms with Crippen LogP contribution < -0.4 is 10.1 Å². The van der Waals surface area contributed by atoms with E-state index in [4.69, 9.17) is 27.9 Å². The number of ether oxygens (including phenoxy) is 1. The number of carbonyl (C=O) groups is 1. The number of benzene rings is 2. The van der Waals surface area contributed by atoms with Crippen molar-refractivity contribution in [1.82, 2.24) is 4.98 Å². The zero-order valence-corrected chi connectivity index (χ0v) is 14.9. The molecule has 3 aromatic rings. The Morgan fingerprint density at radius 3 is 2.42 bits per heavy atom. The molecule has 0 aliphatic heterocycles. The van der Waals surface area contributed by atoms with E-state index in [9.17, 15) is 4.79 Å². The van der Waals surface area contributed by atoms with Crippen molar-refractivity contribution in [1.29, 1.82) is 0 Å². The number of anilines is 1. The molecule has 4 nitrogen and oxygen atoms in total. The highest BCUT2D eigenvalue weighted by atomic mass is 35.5. The highest BCUT2D eigenvalue weighted by molar-refractivity contribution is 7.14. The first-order chi connectivity index (χ1) is 11.5. The lowest BCUT2D eigenvalue weighted by Gasteiger charge is -2.03. The van der Waals surface area contributed by atoms with Crippen LogP contribution in [-0.2, 0) is 0 Å². The van der Waals surface area contributed by atoms with Crippen molar-refractivity contribution < 1.29 is 9.53 Å². The normalized spacial score (nSPS) is 10.5. The van der Waals surface area contributed by atoms with Crippen molar-refractivity contribution in [3.63, 3.8) is 0 Å². The van der Waals surface area contributed by atoms with E-state index in [2.05, 4.69) is 10.3 Å². The van der Waals surface area contributed by atoms with Gasteiger partial charge < -0.3 is 4.74 Å². The Labute approximate surface area is 153 Å². The fourth-order valence-electron chi connectivity index (χ4n) is 2.08. The average Bonchev–Trinajstić information content (AvgIpc) is 3.02. The average molecular weight is 379 g/mol. The summed E-state index contributed by atoms with van der Waals surface area (Å²) in [6, 6.07) is 12.1. The zero-order valence-electron chi connectivity index (χ0n) is 12.5. The van der Waals surface area contributed by atoms with Crippen molar-refractivity contribution in [3.05, 3.63) is 63.5 Å². The molecule has 0 unspecified atom stereocenters. The molecule has 3 rings (SSSR count). The Hall–Kier alpha value is -2.08. The van der Waals surface area contributed by atoms with E-state index < -0.39 is 0 Å². The van der Waals surface area contributed by atoms with Crippen LogP contribution in [0.2, 0.25) is 10.0 Å². The largest absolute Gasteiger partial charge is 0.497 e. The van der Waals surface area contributed by atoms with Crippen LogP contribution in [0.5, 0.6) is 5.75 Å². The summed E-state index contributed by atoms with van der Waals surface area (Å²) in [7, 11) is 1.58. The molecule has 1 amide bonds. The molecule has 24 heavy (non-hydrogen) atoms. The minimum atomic E-state index is -0.234. The standard InChI is InChI=1S/C17H12Cl2N2O2S/c1-23-14-4-2-10(3-5-14)16(22)21-17-20-15(9-24-17)11-6-12(18)8-13(19)7-11/h2-9H,1H3,(H,20,21,22). The predicted molar refractivity (Wildman–Crippen MR) is 98.5 cm³/mol. The van der Waals surface area contributed by atoms with Crippen LogP contribution in [0.4, 0.5) is 5.13 Å². The molecule has 0 saturated heterocycles. The van der Waals surface area contributed by atoms with E-state index in [0.717, 1.165) is 5.56 Å². The van der Waals surface area contributed by atoms with Crippen LogP contribution in [0.15, 0.2) is 47.8 Å². The van der Waals surface area contributed by atoms with Crippen molar-refractivity contribution in [3.8, 4) is 17.0 Å². The molecule has 0 bridgehead atoms. The smallest absolute Gasteiger partial charge is 0.257 e. The number of aromatic nitrogens is 1. The quantitative estimate of drug-likeness (QED) is 0.662. The molecule has 0 radical (unpaired) electrons. The van der Waals surface area contributed by atoms with Gasteiger partial charge in [0, 0.05) is 26.6 Å². The van der Waals surface area contributed by atoms with Gasteiger partial charge in [0.1, 0.15) is 5.75 Å². The molecule has 0 aliphatic rings. The molecule has 0 atom stereocenters. The van der Waals surface area contributed by atoms with Crippen LogP contribution in [0.25, 0.3) is 11.3 Å². The Morgan fingerprint density at radius 1 is 1.12 bits per heavy atom. The molecule has 1 aromatic heterocycles. The fraction of sp³-hybridized carbons (Fsp3) is 0.0588. The number of thiazole rings is 1. The Morgan fingerprint density at radius 2 is 1.79 bits per heavy atom. The van der Waals surface area contributed by atoms with E-state index in [1.807, 2.05) is 5.38 Å². The first-order valence-corrected chi connectivity index (χ1v) is 8.56. The zero-order chi connectivity index (χ0) is 17.1. The number of rotatable bonds is 4. The predicted octanol–water partition coefficient (Wildman–Crippen LogP) is 5.38. The molecule has 0 saturated carbocycles. The summed E-state index contributed by atoms with van der Waals surface area (Å²) in [5, 5.41) is 6.19. The third-order valence-corrected chi connectivity index (χ3v) is 4.43. The number of carbonyl (C=O) groups excluding carboxylic acids is 1. The second kappa shape index (κ2) is 7.21. The third kappa shape index (κ3) is 3.87. The number of hydrogen-bond acceptors (Lipinski definition) is 4. The minimum absolute atomic E-state index is 0.234. The number of halogens is 2. The summed E-state index contributed by atoms with van der Waals surface area (Å²) in [6.07, 6.45) is 0. The summed E-state index contributed by atoms with van der Waals surface area (Å²) < 4.78 is 5.08. The second-order valence-electron chi connectivity index (χ2n) is 4.88. The van der Waals surface area contributed by atoms with Gasteiger partial charge in [-0.25, -0.2) is 4.98 Å². The SMILES string of the molecule is COc1ccc(C(=O)Nc2nc(-c3cc(Cl)cc(Cl)c3)cs2)cc1. The summed E-state index contributed by atoms with van der Waals surface area (Å²) in [5.74, 6) is 0.462. The monoisotopic (exact) mass is 378 g/mol. The molecule has 0 spiro atoms. The van der Waals surface area contributed by atoms with Crippen LogP contribution in [-0.4, -0.2) is 18.0 Å². The molecule has 7 heteroatoms. The van der Waals surface area contributed by atoms with Gasteiger partial charge in [0.2, 0.25) is 0 Å². The molecule has 1 N–H and O–H groups in total. The summed E-state index contributed by atoms with van der Waals surface area (Å²) in [6.45, 7) is 0. The van der Waals surface area contributed by atoms with E-state index in [1.54, 1.807) is 49.6 Å². The highest BCUT2D eigenvalue weighted by Gasteiger charge is 2.11. The van der Waals surface area contributed by atoms with Crippen LogP contribution in [0.1, 0.15) is 10.4 Å². The lowest BCUT2D eigenvalue weighted by molar-refractivity contribution is 0.102. The lowest BCUT2D eigenvalue weighted by Crippen LogP contribution is -2.11. The van der Waals surface area contributed by atoms with Gasteiger partial charge in [0.05, 0.1) is 12.8 Å². The van der Waals surface area contributed by atoms with Crippen LogP contribution in [0, 0.1) is 0 Å². The lowest BCUT2D eigenvalue weighted by atomic mass is 10.2. The van der Waals surface area contributed by atoms with Crippen molar-refractivity contribution in [2.24, 2.45) is 0 Å². The first kappa shape index (κ1) is 16.8. The van der Waals surface area contributed by atoms with Crippen LogP contribution in [0.3, 0.4) is 0 Å². The molecular formula is C17H12Cl2N2O2S. The van der Waals surface area contributed by atoms with Gasteiger partial charge in [-0.15, -0.1) is 11.3 Å². The maximum Gasteiger partial charge on any atom is 0.257 e. The third-order valence-electron chi connectivity index (χ3n) is 3.24. The maximum atomic E-state index is 12.2. The Bertz CT molecular complexity index is 858. The number of amides is 1.